The van der Waals surface area contributed by atoms with Gasteiger partial charge in [-0.15, -0.1) is 11.3 Å². The topological polar surface area (TPSA) is 33.2 Å². The largest absolute Gasteiger partial charge is 0.306 e. The number of hydrogen-bond donors (Lipinski definition) is 0. The number of rotatable bonds is 4. The molecule has 1 saturated heterocycles. The molecule has 0 bridgehead atoms. The lowest BCUT2D eigenvalue weighted by Gasteiger charge is -2.28. The van der Waals surface area contributed by atoms with Crippen LogP contribution in [0.15, 0.2) is 0 Å². The minimum atomic E-state index is 0.266. The van der Waals surface area contributed by atoms with Gasteiger partial charge in [-0.2, -0.15) is 0 Å². The second kappa shape index (κ2) is 5.93. The fraction of sp³-hybridized carbons (Fsp3) is 0.714. The van der Waals surface area contributed by atoms with Crippen molar-refractivity contribution in [2.75, 3.05) is 20.1 Å². The number of Topliss-reactive ketones (excluding diaryl/α,β-unsaturated/α-hetero) is 1. The predicted molar refractivity (Wildman–Crippen MR) is 75.3 cm³/mol. The average Bonchev–Trinajstić information content (AvgIpc) is 2.68. The lowest BCUT2D eigenvalue weighted by molar-refractivity contribution is -0.116. The van der Waals surface area contributed by atoms with E-state index in [2.05, 4.69) is 18.9 Å². The van der Waals surface area contributed by atoms with Crippen LogP contribution in [0.25, 0.3) is 0 Å². The first kappa shape index (κ1) is 13.7. The molecule has 1 fully saturated rings. The van der Waals surface area contributed by atoms with Crippen molar-refractivity contribution in [2.45, 2.75) is 45.4 Å². The summed E-state index contributed by atoms with van der Waals surface area (Å²) in [6.07, 6.45) is 4.03. The third-order valence-electron chi connectivity index (χ3n) is 3.59. The highest BCUT2D eigenvalue weighted by molar-refractivity contribution is 7.11. The lowest BCUT2D eigenvalue weighted by atomic mass is 9.99. The number of carbonyl (C=O) groups is 1. The molecule has 0 amide bonds. The minimum Gasteiger partial charge on any atom is -0.306 e. The fourth-order valence-electron chi connectivity index (χ4n) is 2.51. The Balaban J connectivity index is 2.05. The van der Waals surface area contributed by atoms with Gasteiger partial charge in [0.2, 0.25) is 0 Å². The predicted octanol–water partition coefficient (Wildman–Crippen LogP) is 2.78. The van der Waals surface area contributed by atoms with E-state index in [0.717, 1.165) is 18.7 Å². The van der Waals surface area contributed by atoms with Crippen molar-refractivity contribution in [3.05, 3.63) is 15.6 Å². The van der Waals surface area contributed by atoms with E-state index < -0.39 is 0 Å². The highest BCUT2D eigenvalue weighted by Gasteiger charge is 2.22. The van der Waals surface area contributed by atoms with E-state index in [1.807, 2.05) is 11.3 Å². The number of thiazole rings is 1. The number of likely N-dealkylation sites (tertiary alicyclic amines) is 1. The summed E-state index contributed by atoms with van der Waals surface area (Å²) in [6.45, 7) is 6.06. The van der Waals surface area contributed by atoms with Crippen molar-refractivity contribution >= 4 is 17.1 Å². The number of hydrogen-bond acceptors (Lipinski definition) is 4. The summed E-state index contributed by atoms with van der Waals surface area (Å²) in [5.41, 5.74) is 1.13. The summed E-state index contributed by atoms with van der Waals surface area (Å²) < 4.78 is 0. The van der Waals surface area contributed by atoms with Crippen molar-refractivity contribution in [2.24, 2.45) is 0 Å². The van der Waals surface area contributed by atoms with Gasteiger partial charge < -0.3 is 9.69 Å². The molecule has 1 aliphatic rings. The second-order valence-corrected chi connectivity index (χ2v) is 6.48. The fourth-order valence-corrected chi connectivity index (χ4v) is 3.71. The van der Waals surface area contributed by atoms with Crippen LogP contribution in [0, 0.1) is 6.92 Å². The van der Waals surface area contributed by atoms with Gasteiger partial charge in [0.1, 0.15) is 5.78 Å². The standard InChI is InChI=1S/C14H22N2OS/c1-10(17)6-7-13-11(2)15-14(18-13)12-5-4-8-16(3)9-12/h12H,4-9H2,1-3H3. The Labute approximate surface area is 113 Å². The number of ketones is 1. The van der Waals surface area contributed by atoms with E-state index >= 15 is 0 Å². The van der Waals surface area contributed by atoms with Gasteiger partial charge in [0.15, 0.2) is 0 Å². The number of aryl methyl sites for hydroxylation is 2. The van der Waals surface area contributed by atoms with E-state index in [1.54, 1.807) is 6.92 Å². The molecule has 3 nitrogen and oxygen atoms in total. The van der Waals surface area contributed by atoms with E-state index in [0.29, 0.717) is 12.3 Å². The van der Waals surface area contributed by atoms with Gasteiger partial charge in [-0.3, -0.25) is 0 Å². The second-order valence-electron chi connectivity index (χ2n) is 5.36. The normalized spacial score (nSPS) is 21.2. The summed E-state index contributed by atoms with van der Waals surface area (Å²) in [5, 5.41) is 1.28. The molecular weight excluding hydrogens is 244 g/mol. The Bertz CT molecular complexity index is 427. The van der Waals surface area contributed by atoms with Gasteiger partial charge in [-0.25, -0.2) is 4.98 Å². The molecule has 1 aromatic heterocycles. The van der Waals surface area contributed by atoms with Crippen LogP contribution in [-0.2, 0) is 11.2 Å². The van der Waals surface area contributed by atoms with E-state index in [9.17, 15) is 4.79 Å². The summed E-state index contributed by atoms with van der Waals surface area (Å²) in [7, 11) is 2.18. The van der Waals surface area contributed by atoms with Crippen molar-refractivity contribution in [1.29, 1.82) is 0 Å². The monoisotopic (exact) mass is 266 g/mol. The van der Waals surface area contributed by atoms with Crippen molar-refractivity contribution in [3.63, 3.8) is 0 Å². The zero-order chi connectivity index (χ0) is 13.1. The van der Waals surface area contributed by atoms with E-state index in [1.165, 1.54) is 29.3 Å². The van der Waals surface area contributed by atoms with Gasteiger partial charge >= 0.3 is 0 Å². The van der Waals surface area contributed by atoms with Crippen molar-refractivity contribution in [3.8, 4) is 0 Å². The smallest absolute Gasteiger partial charge is 0.130 e. The quantitative estimate of drug-likeness (QED) is 0.840. The van der Waals surface area contributed by atoms with Gasteiger partial charge in [-0.1, -0.05) is 0 Å². The third-order valence-corrected chi connectivity index (χ3v) is 4.97. The molecular formula is C14H22N2OS. The Morgan fingerprint density at radius 3 is 3.00 bits per heavy atom. The zero-order valence-electron chi connectivity index (χ0n) is 11.5. The van der Waals surface area contributed by atoms with Gasteiger partial charge in [0.25, 0.3) is 0 Å². The van der Waals surface area contributed by atoms with Crippen LogP contribution in [0.5, 0.6) is 0 Å². The van der Waals surface area contributed by atoms with Gasteiger partial charge in [0, 0.05) is 23.8 Å². The Morgan fingerprint density at radius 1 is 1.56 bits per heavy atom. The summed E-state index contributed by atoms with van der Waals surface area (Å²) in [6, 6.07) is 0. The average molecular weight is 266 g/mol. The third kappa shape index (κ3) is 3.39. The molecule has 0 aliphatic carbocycles. The van der Waals surface area contributed by atoms with Crippen LogP contribution >= 0.6 is 11.3 Å². The summed E-state index contributed by atoms with van der Waals surface area (Å²) in [5.74, 6) is 0.861. The van der Waals surface area contributed by atoms with Crippen LogP contribution in [0.4, 0.5) is 0 Å². The molecule has 4 heteroatoms. The Kier molecular flexibility index (Phi) is 4.51. The SMILES string of the molecule is CC(=O)CCc1sc(C2CCCN(C)C2)nc1C. The Morgan fingerprint density at radius 2 is 2.33 bits per heavy atom. The first-order valence-corrected chi connectivity index (χ1v) is 7.52. The molecule has 1 unspecified atom stereocenters. The highest BCUT2D eigenvalue weighted by atomic mass is 32.1. The number of likely N-dealkylation sites (N-methyl/N-ethyl adjacent to an activating group) is 1. The highest BCUT2D eigenvalue weighted by Crippen LogP contribution is 2.31. The number of piperidine rings is 1. The number of aromatic nitrogens is 1. The molecule has 0 N–H and O–H groups in total. The zero-order valence-corrected chi connectivity index (χ0v) is 12.3. The molecule has 0 aromatic carbocycles. The van der Waals surface area contributed by atoms with E-state index in [4.69, 9.17) is 4.98 Å². The lowest BCUT2D eigenvalue weighted by Crippen LogP contribution is -2.30. The Hall–Kier alpha value is -0.740. The van der Waals surface area contributed by atoms with E-state index in [-0.39, 0.29) is 5.78 Å². The maximum absolute atomic E-state index is 11.1. The number of nitrogens with zero attached hydrogens (tertiary/aromatic N) is 2. The van der Waals surface area contributed by atoms with Crippen LogP contribution in [0.2, 0.25) is 0 Å². The molecule has 1 aromatic rings. The molecule has 1 aliphatic heterocycles. The molecule has 2 heterocycles. The molecule has 1 atom stereocenters. The van der Waals surface area contributed by atoms with Gasteiger partial charge in [0.05, 0.1) is 10.7 Å². The number of carbonyl (C=O) groups excluding carboxylic acids is 1. The van der Waals surface area contributed by atoms with Crippen LogP contribution < -0.4 is 0 Å². The van der Waals surface area contributed by atoms with Crippen LogP contribution in [0.1, 0.15) is 47.7 Å². The molecule has 0 saturated carbocycles. The maximum atomic E-state index is 11.1. The first-order chi connectivity index (χ1) is 8.56. The van der Waals surface area contributed by atoms with Crippen LogP contribution in [0.3, 0.4) is 0 Å². The molecule has 100 valence electrons. The first-order valence-electron chi connectivity index (χ1n) is 6.70. The molecule has 0 radical (unpaired) electrons. The van der Waals surface area contributed by atoms with Crippen molar-refractivity contribution < 1.29 is 4.79 Å². The van der Waals surface area contributed by atoms with Crippen LogP contribution in [-0.4, -0.2) is 35.8 Å². The maximum Gasteiger partial charge on any atom is 0.130 e. The molecule has 0 spiro atoms. The molecule has 18 heavy (non-hydrogen) atoms. The van der Waals surface area contributed by atoms with Gasteiger partial charge in [-0.05, 0) is 46.7 Å². The minimum absolute atomic E-state index is 0.266. The van der Waals surface area contributed by atoms with Crippen molar-refractivity contribution in [1.82, 2.24) is 9.88 Å². The summed E-state index contributed by atoms with van der Waals surface area (Å²) >= 11 is 1.82. The molecule has 2 rings (SSSR count). The summed E-state index contributed by atoms with van der Waals surface area (Å²) in [4.78, 5) is 19.5.